The van der Waals surface area contributed by atoms with Crippen molar-refractivity contribution in [3.8, 4) is 5.19 Å². The monoisotopic (exact) mass is 132 g/mol. The van der Waals surface area contributed by atoms with Gasteiger partial charge < -0.3 is 5.11 Å². The van der Waals surface area contributed by atoms with E-state index in [1.807, 2.05) is 0 Å². The van der Waals surface area contributed by atoms with Crippen LogP contribution in [-0.2, 0) is 7.05 Å². The molecule has 4 nitrogen and oxygen atoms in total. The minimum atomic E-state index is -0.410. The van der Waals surface area contributed by atoms with Crippen molar-refractivity contribution in [1.82, 2.24) is 8.94 Å². The van der Waals surface area contributed by atoms with E-state index in [1.54, 1.807) is 7.05 Å². The third kappa shape index (κ3) is 0.717. The first-order valence-electron chi connectivity index (χ1n) is 1.93. The van der Waals surface area contributed by atoms with Crippen LogP contribution in [0.2, 0.25) is 0 Å². The normalized spacial score (nSPS) is 9.62. The van der Waals surface area contributed by atoms with Crippen LogP contribution in [0.15, 0.2) is 4.79 Å². The fourth-order valence-electron chi connectivity index (χ4n) is 0.334. The lowest BCUT2D eigenvalue weighted by Gasteiger charge is -1.74. The van der Waals surface area contributed by atoms with Crippen LogP contribution in [0.4, 0.5) is 0 Å². The topological polar surface area (TPSA) is 55.1 Å². The quantitative estimate of drug-likeness (QED) is 0.520. The van der Waals surface area contributed by atoms with Crippen molar-refractivity contribution >= 4 is 11.5 Å². The van der Waals surface area contributed by atoms with E-state index >= 15 is 0 Å². The van der Waals surface area contributed by atoms with Gasteiger partial charge in [0.1, 0.15) is 0 Å². The van der Waals surface area contributed by atoms with Gasteiger partial charge in [0.2, 0.25) is 0 Å². The molecule has 0 aliphatic carbocycles. The summed E-state index contributed by atoms with van der Waals surface area (Å²) in [5.74, 6) is 0. The summed E-state index contributed by atoms with van der Waals surface area (Å²) in [5, 5.41) is 8.34. The van der Waals surface area contributed by atoms with Gasteiger partial charge >= 0.3 is 5.69 Å². The molecule has 0 aromatic carbocycles. The summed E-state index contributed by atoms with van der Waals surface area (Å²) in [6, 6.07) is 0. The SMILES string of the molecule is Cn1sc(O)nc1=O. The number of hydrogen-bond acceptors (Lipinski definition) is 4. The van der Waals surface area contributed by atoms with Crippen LogP contribution in [0.1, 0.15) is 0 Å². The van der Waals surface area contributed by atoms with Crippen LogP contribution in [0.5, 0.6) is 5.19 Å². The molecule has 1 N–H and O–H groups in total. The molecule has 0 spiro atoms. The van der Waals surface area contributed by atoms with E-state index in [1.165, 1.54) is 3.96 Å². The van der Waals surface area contributed by atoms with Gasteiger partial charge in [-0.1, -0.05) is 0 Å². The molecule has 0 aliphatic rings. The van der Waals surface area contributed by atoms with E-state index in [4.69, 9.17) is 5.11 Å². The Morgan fingerprint density at radius 3 is 2.62 bits per heavy atom. The third-order valence-electron chi connectivity index (χ3n) is 0.679. The number of aromatic hydroxyl groups is 1. The first-order chi connectivity index (χ1) is 3.70. The summed E-state index contributed by atoms with van der Waals surface area (Å²) in [4.78, 5) is 13.5. The number of rotatable bonds is 0. The number of aromatic nitrogens is 2. The largest absolute Gasteiger partial charge is 0.485 e. The fourth-order valence-corrected chi connectivity index (χ4v) is 0.817. The molecule has 5 heteroatoms. The Morgan fingerprint density at radius 2 is 2.50 bits per heavy atom. The molecule has 8 heavy (non-hydrogen) atoms. The summed E-state index contributed by atoms with van der Waals surface area (Å²) in [6.07, 6.45) is 0. The zero-order valence-corrected chi connectivity index (χ0v) is 4.97. The first-order valence-corrected chi connectivity index (χ1v) is 2.71. The summed E-state index contributed by atoms with van der Waals surface area (Å²) >= 11 is 0.918. The predicted octanol–water partition coefficient (Wildman–Crippen LogP) is -0.453. The van der Waals surface area contributed by atoms with Crippen LogP contribution >= 0.6 is 11.5 Å². The summed E-state index contributed by atoms with van der Waals surface area (Å²) < 4.78 is 1.25. The predicted molar refractivity (Wildman–Crippen MR) is 29.0 cm³/mol. The van der Waals surface area contributed by atoms with Crippen molar-refractivity contribution in [1.29, 1.82) is 0 Å². The molecule has 0 bridgehead atoms. The standard InChI is InChI=1S/C3H4N2O2S/c1-5-2(6)4-3(7)8-5/h1H3,(H,4,6,7). The van der Waals surface area contributed by atoms with Gasteiger partial charge in [-0.2, -0.15) is 0 Å². The maximum atomic E-state index is 10.3. The highest BCUT2D eigenvalue weighted by Crippen LogP contribution is 2.04. The van der Waals surface area contributed by atoms with Gasteiger partial charge in [0.05, 0.1) is 0 Å². The van der Waals surface area contributed by atoms with Crippen LogP contribution in [0, 0.1) is 0 Å². The average Bonchev–Trinajstić information content (AvgIpc) is 1.85. The third-order valence-corrected chi connectivity index (χ3v) is 1.36. The van der Waals surface area contributed by atoms with Gasteiger partial charge in [-0.15, -0.1) is 4.98 Å². The molecular weight excluding hydrogens is 128 g/mol. The lowest BCUT2D eigenvalue weighted by atomic mass is 11.2. The first kappa shape index (κ1) is 5.30. The van der Waals surface area contributed by atoms with Gasteiger partial charge in [-0.25, -0.2) is 8.75 Å². The molecule has 0 saturated carbocycles. The zero-order valence-electron chi connectivity index (χ0n) is 4.16. The number of hydrogen-bond donors (Lipinski definition) is 1. The van der Waals surface area contributed by atoms with Gasteiger partial charge in [0.15, 0.2) is 0 Å². The van der Waals surface area contributed by atoms with Crippen LogP contribution in [0.25, 0.3) is 0 Å². The van der Waals surface area contributed by atoms with E-state index in [9.17, 15) is 4.79 Å². The maximum Gasteiger partial charge on any atom is 0.360 e. The molecule has 0 radical (unpaired) electrons. The second kappa shape index (κ2) is 1.59. The highest BCUT2D eigenvalue weighted by atomic mass is 32.1. The molecule has 0 aliphatic heterocycles. The number of aryl methyl sites for hydroxylation is 1. The van der Waals surface area contributed by atoms with Gasteiger partial charge in [-0.05, 0) is 0 Å². The van der Waals surface area contributed by atoms with Crippen molar-refractivity contribution in [3.63, 3.8) is 0 Å². The molecule has 1 aromatic heterocycles. The molecular formula is C3H4N2O2S. The minimum absolute atomic E-state index is 0.183. The van der Waals surface area contributed by atoms with E-state index < -0.39 is 5.69 Å². The molecule has 44 valence electrons. The van der Waals surface area contributed by atoms with Crippen LogP contribution in [0.3, 0.4) is 0 Å². The molecule has 0 amide bonds. The second-order valence-electron chi connectivity index (χ2n) is 1.27. The lowest BCUT2D eigenvalue weighted by molar-refractivity contribution is 0.469. The fraction of sp³-hybridized carbons (Fsp3) is 0.333. The van der Waals surface area contributed by atoms with Crippen molar-refractivity contribution in [2.24, 2.45) is 7.05 Å². The molecule has 0 atom stereocenters. The Labute approximate surface area is 49.2 Å². The zero-order chi connectivity index (χ0) is 6.15. The minimum Gasteiger partial charge on any atom is -0.485 e. The Kier molecular flexibility index (Phi) is 1.05. The van der Waals surface area contributed by atoms with Crippen molar-refractivity contribution in [2.45, 2.75) is 0 Å². The molecule has 1 heterocycles. The van der Waals surface area contributed by atoms with E-state index in [0.717, 1.165) is 11.5 Å². The lowest BCUT2D eigenvalue weighted by Crippen LogP contribution is -2.09. The van der Waals surface area contributed by atoms with Gasteiger partial charge in [-0.3, -0.25) is 0 Å². The second-order valence-corrected chi connectivity index (χ2v) is 2.36. The summed E-state index contributed by atoms with van der Waals surface area (Å²) in [7, 11) is 1.54. The molecule has 0 fully saturated rings. The Balaban J connectivity index is 3.35. The maximum absolute atomic E-state index is 10.3. The molecule has 0 saturated heterocycles. The Bertz CT molecular complexity index is 238. The number of nitrogens with zero attached hydrogens (tertiary/aromatic N) is 2. The highest BCUT2D eigenvalue weighted by Gasteiger charge is 1.96. The smallest absolute Gasteiger partial charge is 0.360 e. The van der Waals surface area contributed by atoms with E-state index in [0.29, 0.717) is 0 Å². The Morgan fingerprint density at radius 1 is 1.88 bits per heavy atom. The summed E-state index contributed by atoms with van der Waals surface area (Å²) in [6.45, 7) is 0. The van der Waals surface area contributed by atoms with E-state index in [-0.39, 0.29) is 5.19 Å². The highest BCUT2D eigenvalue weighted by molar-refractivity contribution is 7.07. The molecule has 1 aromatic rings. The molecule has 1 rings (SSSR count). The van der Waals surface area contributed by atoms with Crippen molar-refractivity contribution in [3.05, 3.63) is 10.5 Å². The van der Waals surface area contributed by atoms with E-state index in [2.05, 4.69) is 4.98 Å². The van der Waals surface area contributed by atoms with Crippen LogP contribution < -0.4 is 5.69 Å². The Hall–Kier alpha value is -0.840. The van der Waals surface area contributed by atoms with Gasteiger partial charge in [0, 0.05) is 18.6 Å². The van der Waals surface area contributed by atoms with Crippen molar-refractivity contribution < 1.29 is 5.11 Å². The summed E-state index contributed by atoms with van der Waals surface area (Å²) in [5.41, 5.74) is -0.410. The van der Waals surface area contributed by atoms with Crippen molar-refractivity contribution in [2.75, 3.05) is 0 Å². The van der Waals surface area contributed by atoms with Gasteiger partial charge in [0.25, 0.3) is 5.19 Å². The molecule has 0 unspecified atom stereocenters. The van der Waals surface area contributed by atoms with Crippen LogP contribution in [-0.4, -0.2) is 14.0 Å². The average molecular weight is 132 g/mol.